The van der Waals surface area contributed by atoms with Gasteiger partial charge in [0.15, 0.2) is 0 Å². The average Bonchev–Trinajstić information content (AvgIpc) is 2.56. The molecular weight excluding hydrogens is 325 g/mol. The first-order valence-corrected chi connectivity index (χ1v) is 8.55. The molecule has 3 N–H and O–H groups in total. The van der Waals surface area contributed by atoms with Crippen LogP contribution in [-0.4, -0.2) is 12.2 Å². The van der Waals surface area contributed by atoms with Gasteiger partial charge in [-0.15, -0.1) is 0 Å². The van der Waals surface area contributed by atoms with E-state index in [2.05, 4.69) is 5.32 Å². The van der Waals surface area contributed by atoms with Crippen LogP contribution in [0.5, 0.6) is 0 Å². The number of nitrogens with two attached hydrogens (primary N) is 1. The number of alkyl halides is 3. The second kappa shape index (κ2) is 8.39. The van der Waals surface area contributed by atoms with Crippen LogP contribution < -0.4 is 11.1 Å². The molecule has 0 radical (unpaired) electrons. The van der Waals surface area contributed by atoms with Crippen LogP contribution in [0.4, 0.5) is 24.5 Å². The first-order chi connectivity index (χ1) is 11.8. The minimum absolute atomic E-state index is 0.0170. The quantitative estimate of drug-likeness (QED) is 0.658. The van der Waals surface area contributed by atoms with Crippen LogP contribution in [0.25, 0.3) is 0 Å². The van der Waals surface area contributed by atoms with Crippen molar-refractivity contribution in [1.82, 2.24) is 0 Å². The first-order valence-electron chi connectivity index (χ1n) is 8.55. The Morgan fingerprint density at radius 3 is 2.00 bits per heavy atom. The highest BCUT2D eigenvalue weighted by Gasteiger charge is 2.42. The van der Waals surface area contributed by atoms with Gasteiger partial charge in [0.05, 0.1) is 5.92 Å². The van der Waals surface area contributed by atoms with Crippen LogP contribution in [0.3, 0.4) is 0 Å². The normalized spacial score (nSPS) is 15.4. The number of benzene rings is 2. The topological polar surface area (TPSA) is 38.0 Å². The fourth-order valence-electron chi connectivity index (χ4n) is 3.02. The van der Waals surface area contributed by atoms with Crippen molar-refractivity contribution in [1.29, 1.82) is 0 Å². The number of hydrogen-bond donors (Lipinski definition) is 2. The molecule has 2 aromatic carbocycles. The van der Waals surface area contributed by atoms with Gasteiger partial charge in [-0.05, 0) is 55.5 Å². The van der Waals surface area contributed by atoms with Gasteiger partial charge in [-0.2, -0.15) is 13.2 Å². The van der Waals surface area contributed by atoms with Crippen molar-refractivity contribution in [2.24, 2.45) is 11.7 Å². The third-order valence-corrected chi connectivity index (χ3v) is 4.53. The SMILES string of the molecule is CCC(CC([C@@H](C)N)C(F)(F)F)c1ccc(Nc2ccccc2)cc1. The maximum atomic E-state index is 13.2. The molecule has 2 aromatic rings. The number of nitrogens with one attached hydrogen (secondary N) is 1. The summed E-state index contributed by atoms with van der Waals surface area (Å²) in [5.41, 5.74) is 8.37. The van der Waals surface area contributed by atoms with E-state index in [9.17, 15) is 13.2 Å². The van der Waals surface area contributed by atoms with Crippen LogP contribution in [0.1, 0.15) is 38.2 Å². The van der Waals surface area contributed by atoms with Gasteiger partial charge in [0.1, 0.15) is 0 Å². The van der Waals surface area contributed by atoms with Gasteiger partial charge in [-0.25, -0.2) is 0 Å². The lowest BCUT2D eigenvalue weighted by Gasteiger charge is -2.28. The molecule has 2 rings (SSSR count). The first kappa shape index (κ1) is 19.3. The monoisotopic (exact) mass is 350 g/mol. The average molecular weight is 350 g/mol. The molecule has 5 heteroatoms. The lowest BCUT2D eigenvalue weighted by molar-refractivity contribution is -0.182. The van der Waals surface area contributed by atoms with Crippen molar-refractivity contribution in [3.05, 3.63) is 60.2 Å². The van der Waals surface area contributed by atoms with Crippen LogP contribution in [0.15, 0.2) is 54.6 Å². The van der Waals surface area contributed by atoms with E-state index in [1.807, 2.05) is 61.5 Å². The Morgan fingerprint density at radius 2 is 1.52 bits per heavy atom. The molecule has 0 aromatic heterocycles. The van der Waals surface area contributed by atoms with Gasteiger partial charge in [0.25, 0.3) is 0 Å². The highest BCUT2D eigenvalue weighted by molar-refractivity contribution is 5.59. The summed E-state index contributed by atoms with van der Waals surface area (Å²) < 4.78 is 39.6. The zero-order valence-corrected chi connectivity index (χ0v) is 14.6. The maximum absolute atomic E-state index is 13.2. The Hall–Kier alpha value is -2.01. The molecule has 2 unspecified atom stereocenters. The summed E-state index contributed by atoms with van der Waals surface area (Å²) in [6.45, 7) is 3.34. The molecule has 0 saturated carbocycles. The zero-order valence-electron chi connectivity index (χ0n) is 14.6. The summed E-state index contributed by atoms with van der Waals surface area (Å²) in [5.74, 6) is -1.65. The number of halogens is 3. The lowest BCUT2D eigenvalue weighted by Crippen LogP contribution is -2.38. The van der Waals surface area contributed by atoms with Crippen molar-refractivity contribution < 1.29 is 13.2 Å². The van der Waals surface area contributed by atoms with Gasteiger partial charge >= 0.3 is 6.18 Å². The van der Waals surface area contributed by atoms with E-state index >= 15 is 0 Å². The molecule has 0 aliphatic rings. The summed E-state index contributed by atoms with van der Waals surface area (Å²) in [4.78, 5) is 0. The van der Waals surface area contributed by atoms with E-state index < -0.39 is 18.1 Å². The maximum Gasteiger partial charge on any atom is 0.393 e. The molecule has 25 heavy (non-hydrogen) atoms. The molecule has 0 spiro atoms. The van der Waals surface area contributed by atoms with Crippen molar-refractivity contribution >= 4 is 11.4 Å². The van der Waals surface area contributed by atoms with E-state index in [0.717, 1.165) is 16.9 Å². The fourth-order valence-corrected chi connectivity index (χ4v) is 3.02. The minimum atomic E-state index is -4.27. The molecule has 3 atom stereocenters. The van der Waals surface area contributed by atoms with Crippen molar-refractivity contribution in [2.75, 3.05) is 5.32 Å². The smallest absolute Gasteiger partial charge is 0.356 e. The predicted molar refractivity (Wildman–Crippen MR) is 97.0 cm³/mol. The summed E-state index contributed by atoms with van der Waals surface area (Å²) in [7, 11) is 0. The third kappa shape index (κ3) is 5.49. The molecule has 2 nitrogen and oxygen atoms in total. The van der Waals surface area contributed by atoms with Gasteiger partial charge in [-0.3, -0.25) is 0 Å². The molecule has 0 saturated heterocycles. The van der Waals surface area contributed by atoms with E-state index in [1.165, 1.54) is 6.92 Å². The molecule has 0 bridgehead atoms. The summed E-state index contributed by atoms with van der Waals surface area (Å²) in [6.07, 6.45) is -3.61. The van der Waals surface area contributed by atoms with Crippen molar-refractivity contribution in [3.63, 3.8) is 0 Å². The molecular formula is C20H25F3N2. The number of hydrogen-bond acceptors (Lipinski definition) is 2. The Bertz CT molecular complexity index is 636. The summed E-state index contributed by atoms with van der Waals surface area (Å²) in [5, 5.41) is 3.27. The van der Waals surface area contributed by atoms with Crippen molar-refractivity contribution in [2.45, 2.75) is 44.8 Å². The van der Waals surface area contributed by atoms with Gasteiger partial charge in [0.2, 0.25) is 0 Å². The molecule has 0 aliphatic heterocycles. The van der Waals surface area contributed by atoms with E-state index in [-0.39, 0.29) is 12.3 Å². The highest BCUT2D eigenvalue weighted by Crippen LogP contribution is 2.37. The van der Waals surface area contributed by atoms with Crippen molar-refractivity contribution in [3.8, 4) is 0 Å². The molecule has 0 aliphatic carbocycles. The van der Waals surface area contributed by atoms with Gasteiger partial charge < -0.3 is 11.1 Å². The van der Waals surface area contributed by atoms with Crippen LogP contribution >= 0.6 is 0 Å². The highest BCUT2D eigenvalue weighted by atomic mass is 19.4. The van der Waals surface area contributed by atoms with Crippen LogP contribution in [-0.2, 0) is 0 Å². The predicted octanol–water partition coefficient (Wildman–Crippen LogP) is 5.84. The second-order valence-corrected chi connectivity index (χ2v) is 6.46. The zero-order chi connectivity index (χ0) is 18.4. The van der Waals surface area contributed by atoms with Crippen LogP contribution in [0, 0.1) is 5.92 Å². The van der Waals surface area contributed by atoms with Gasteiger partial charge in [-0.1, -0.05) is 37.3 Å². The summed E-state index contributed by atoms with van der Waals surface area (Å²) in [6, 6.07) is 16.4. The number of rotatable bonds is 7. The van der Waals surface area contributed by atoms with Gasteiger partial charge in [0, 0.05) is 17.4 Å². The Balaban J connectivity index is 2.10. The standard InChI is InChI=1S/C20H25F3N2/c1-3-15(13-19(14(2)24)20(21,22)23)16-9-11-18(12-10-16)25-17-7-5-4-6-8-17/h4-12,14-15,19,25H,3,13,24H2,1-2H3/t14-,15?,19?/m1/s1. The number of anilines is 2. The lowest BCUT2D eigenvalue weighted by atomic mass is 9.84. The Morgan fingerprint density at radius 1 is 0.960 bits per heavy atom. The largest absolute Gasteiger partial charge is 0.393 e. The fraction of sp³-hybridized carbons (Fsp3) is 0.400. The Labute approximate surface area is 147 Å². The second-order valence-electron chi connectivity index (χ2n) is 6.46. The molecule has 0 fully saturated rings. The molecule has 0 amide bonds. The van der Waals surface area contributed by atoms with E-state index in [1.54, 1.807) is 0 Å². The third-order valence-electron chi connectivity index (χ3n) is 4.53. The molecule has 136 valence electrons. The van der Waals surface area contributed by atoms with E-state index in [0.29, 0.717) is 6.42 Å². The minimum Gasteiger partial charge on any atom is -0.356 e. The van der Waals surface area contributed by atoms with Crippen LogP contribution in [0.2, 0.25) is 0 Å². The van der Waals surface area contributed by atoms with E-state index in [4.69, 9.17) is 5.73 Å². The summed E-state index contributed by atoms with van der Waals surface area (Å²) >= 11 is 0. The Kier molecular flexibility index (Phi) is 6.48. The molecule has 0 heterocycles. The number of para-hydroxylation sites is 1.